The van der Waals surface area contributed by atoms with Crippen LogP contribution in [0.3, 0.4) is 0 Å². The summed E-state index contributed by atoms with van der Waals surface area (Å²) >= 11 is 5.78. The molecule has 17 heavy (non-hydrogen) atoms. The molecule has 0 saturated carbocycles. The van der Waals surface area contributed by atoms with Gasteiger partial charge in [0, 0.05) is 18.8 Å². The van der Waals surface area contributed by atoms with E-state index in [2.05, 4.69) is 29.5 Å². The molecule has 1 atom stereocenters. The molecule has 0 spiro atoms. The lowest BCUT2D eigenvalue weighted by Gasteiger charge is -2.39. The first-order valence-electron chi connectivity index (χ1n) is 5.84. The minimum absolute atomic E-state index is 0.0737. The number of rotatable bonds is 2. The minimum Gasteiger partial charge on any atom is -0.356 e. The fraction of sp³-hybridized carbons (Fsp3) is 0.583. The Kier molecular flexibility index (Phi) is 3.45. The van der Waals surface area contributed by atoms with Gasteiger partial charge in [-0.2, -0.15) is 0 Å². The van der Waals surface area contributed by atoms with Gasteiger partial charge >= 0.3 is 0 Å². The smallest absolute Gasteiger partial charge is 0.267 e. The molecule has 1 aromatic rings. The third kappa shape index (κ3) is 2.82. The molecule has 0 aromatic carbocycles. The third-order valence-corrected chi connectivity index (χ3v) is 3.55. The van der Waals surface area contributed by atoms with Gasteiger partial charge < -0.3 is 15.6 Å². The Balaban J connectivity index is 2.03. The van der Waals surface area contributed by atoms with Crippen molar-refractivity contribution in [2.24, 2.45) is 5.41 Å². The number of hydrogen-bond acceptors (Lipinski definition) is 2. The molecule has 3 N–H and O–H groups in total. The summed E-state index contributed by atoms with van der Waals surface area (Å²) in [5.74, 6) is -0.0862. The maximum atomic E-state index is 12.0. The monoisotopic (exact) mass is 255 g/mol. The Hall–Kier alpha value is -1.00. The van der Waals surface area contributed by atoms with Crippen LogP contribution in [0.1, 0.15) is 30.8 Å². The van der Waals surface area contributed by atoms with Gasteiger partial charge in [0.1, 0.15) is 5.69 Å². The van der Waals surface area contributed by atoms with Crippen LogP contribution < -0.4 is 10.6 Å². The maximum absolute atomic E-state index is 12.0. The highest BCUT2D eigenvalue weighted by molar-refractivity contribution is 6.30. The zero-order valence-corrected chi connectivity index (χ0v) is 10.9. The molecule has 1 unspecified atom stereocenters. The molecule has 94 valence electrons. The lowest BCUT2D eigenvalue weighted by molar-refractivity contribution is 0.0864. The molecule has 2 heterocycles. The summed E-state index contributed by atoms with van der Waals surface area (Å²) in [5, 5.41) is 6.97. The highest BCUT2D eigenvalue weighted by Gasteiger charge is 2.33. The van der Waals surface area contributed by atoms with Gasteiger partial charge in [0.25, 0.3) is 5.91 Å². The number of amides is 1. The Labute approximate surface area is 106 Å². The van der Waals surface area contributed by atoms with E-state index in [1.165, 1.54) is 0 Å². The molecule has 0 radical (unpaired) electrons. The Bertz CT molecular complexity index is 414. The van der Waals surface area contributed by atoms with Gasteiger partial charge in [-0.25, -0.2) is 0 Å². The molecule has 4 nitrogen and oxygen atoms in total. The van der Waals surface area contributed by atoms with Crippen molar-refractivity contribution < 1.29 is 4.79 Å². The topological polar surface area (TPSA) is 56.9 Å². The van der Waals surface area contributed by atoms with Crippen molar-refractivity contribution in [1.82, 2.24) is 15.6 Å². The first kappa shape index (κ1) is 12.5. The van der Waals surface area contributed by atoms with Crippen molar-refractivity contribution in [2.75, 3.05) is 13.1 Å². The summed E-state index contributed by atoms with van der Waals surface area (Å²) in [5.41, 5.74) is 0.592. The molecule has 2 rings (SSSR count). The van der Waals surface area contributed by atoms with Crippen LogP contribution in [-0.2, 0) is 0 Å². The van der Waals surface area contributed by atoms with Crippen molar-refractivity contribution in [3.05, 3.63) is 23.0 Å². The van der Waals surface area contributed by atoms with E-state index in [-0.39, 0.29) is 17.4 Å². The molecule has 1 saturated heterocycles. The lowest BCUT2D eigenvalue weighted by Crippen LogP contribution is -2.54. The number of nitrogens with one attached hydrogen (secondary N) is 3. The van der Waals surface area contributed by atoms with Gasteiger partial charge in [0.15, 0.2) is 0 Å². The van der Waals surface area contributed by atoms with E-state index in [0.29, 0.717) is 10.7 Å². The van der Waals surface area contributed by atoms with Crippen molar-refractivity contribution >= 4 is 17.5 Å². The molecule has 1 aromatic heterocycles. The number of hydrogen-bond donors (Lipinski definition) is 3. The van der Waals surface area contributed by atoms with Crippen LogP contribution in [0, 0.1) is 5.41 Å². The van der Waals surface area contributed by atoms with Crippen molar-refractivity contribution in [2.45, 2.75) is 26.3 Å². The average Bonchev–Trinajstić information content (AvgIpc) is 2.68. The normalized spacial score (nSPS) is 23.4. The average molecular weight is 256 g/mol. The minimum atomic E-state index is -0.0862. The number of halogens is 1. The van der Waals surface area contributed by atoms with E-state index in [0.717, 1.165) is 19.5 Å². The Morgan fingerprint density at radius 3 is 2.94 bits per heavy atom. The van der Waals surface area contributed by atoms with E-state index in [1.807, 2.05) is 0 Å². The van der Waals surface area contributed by atoms with Gasteiger partial charge in [0.2, 0.25) is 0 Å². The second-order valence-corrected chi connectivity index (χ2v) is 5.65. The maximum Gasteiger partial charge on any atom is 0.267 e. The van der Waals surface area contributed by atoms with E-state index < -0.39 is 0 Å². The zero-order chi connectivity index (χ0) is 12.5. The van der Waals surface area contributed by atoms with Crippen molar-refractivity contribution in [3.8, 4) is 0 Å². The summed E-state index contributed by atoms with van der Waals surface area (Å²) in [6, 6.07) is 1.84. The molecule has 1 aliphatic heterocycles. The molecule has 0 aliphatic carbocycles. The van der Waals surface area contributed by atoms with Crippen molar-refractivity contribution in [3.63, 3.8) is 0 Å². The fourth-order valence-corrected chi connectivity index (χ4v) is 2.34. The summed E-state index contributed by atoms with van der Waals surface area (Å²) < 4.78 is 0. The van der Waals surface area contributed by atoms with E-state index in [1.54, 1.807) is 12.3 Å². The molecule has 1 aliphatic rings. The van der Waals surface area contributed by atoms with Gasteiger partial charge in [-0.1, -0.05) is 25.4 Å². The number of H-pyrrole nitrogens is 1. The first-order valence-corrected chi connectivity index (χ1v) is 6.22. The van der Waals surface area contributed by atoms with Gasteiger partial charge in [0.05, 0.1) is 5.02 Å². The summed E-state index contributed by atoms with van der Waals surface area (Å²) in [7, 11) is 0. The molecule has 0 bridgehead atoms. The van der Waals surface area contributed by atoms with Crippen LogP contribution in [0.2, 0.25) is 5.02 Å². The summed E-state index contributed by atoms with van der Waals surface area (Å²) in [6.45, 7) is 6.18. The second-order valence-electron chi connectivity index (χ2n) is 5.21. The standard InChI is InChI=1S/C12H18ClN3O/c1-12(2)7-14-4-3-10(12)16-11(17)9-5-8(13)6-15-9/h5-6,10,14-15H,3-4,7H2,1-2H3,(H,16,17). The van der Waals surface area contributed by atoms with E-state index in [9.17, 15) is 4.79 Å². The van der Waals surface area contributed by atoms with Crippen LogP contribution >= 0.6 is 11.6 Å². The van der Waals surface area contributed by atoms with Gasteiger partial charge in [-0.15, -0.1) is 0 Å². The predicted molar refractivity (Wildman–Crippen MR) is 68.3 cm³/mol. The highest BCUT2D eigenvalue weighted by atomic mass is 35.5. The number of carbonyl (C=O) groups is 1. The number of carbonyl (C=O) groups excluding carboxylic acids is 1. The number of aromatic amines is 1. The molecular formula is C12H18ClN3O. The van der Waals surface area contributed by atoms with Crippen LogP contribution in [0.5, 0.6) is 0 Å². The van der Waals surface area contributed by atoms with Gasteiger partial charge in [-0.05, 0) is 24.4 Å². The highest BCUT2D eigenvalue weighted by Crippen LogP contribution is 2.25. The molecular weight excluding hydrogens is 238 g/mol. The fourth-order valence-electron chi connectivity index (χ4n) is 2.17. The molecule has 5 heteroatoms. The Morgan fingerprint density at radius 1 is 1.59 bits per heavy atom. The predicted octanol–water partition coefficient (Wildman–Crippen LogP) is 1.79. The molecule has 1 amide bonds. The quantitative estimate of drug-likeness (QED) is 0.755. The van der Waals surface area contributed by atoms with Crippen molar-refractivity contribution in [1.29, 1.82) is 0 Å². The summed E-state index contributed by atoms with van der Waals surface area (Å²) in [6.07, 6.45) is 2.57. The number of piperidine rings is 1. The zero-order valence-electron chi connectivity index (χ0n) is 10.1. The summed E-state index contributed by atoms with van der Waals surface area (Å²) in [4.78, 5) is 14.9. The van der Waals surface area contributed by atoms with E-state index >= 15 is 0 Å². The number of aromatic nitrogens is 1. The van der Waals surface area contributed by atoms with Crippen LogP contribution in [-0.4, -0.2) is 30.0 Å². The third-order valence-electron chi connectivity index (χ3n) is 3.33. The van der Waals surface area contributed by atoms with Crippen LogP contribution in [0.25, 0.3) is 0 Å². The van der Waals surface area contributed by atoms with Crippen LogP contribution in [0.4, 0.5) is 0 Å². The molecule has 1 fully saturated rings. The first-order chi connectivity index (χ1) is 7.99. The lowest BCUT2D eigenvalue weighted by atomic mass is 9.80. The van der Waals surface area contributed by atoms with E-state index in [4.69, 9.17) is 11.6 Å². The SMILES string of the molecule is CC1(C)CNCCC1NC(=O)c1cc(Cl)c[nH]1. The van der Waals surface area contributed by atoms with Gasteiger partial charge in [-0.3, -0.25) is 4.79 Å². The second kappa shape index (κ2) is 4.70. The van der Waals surface area contributed by atoms with Crippen LogP contribution in [0.15, 0.2) is 12.3 Å². The largest absolute Gasteiger partial charge is 0.356 e. The Morgan fingerprint density at radius 2 is 2.35 bits per heavy atom.